The van der Waals surface area contributed by atoms with Gasteiger partial charge in [0.2, 0.25) is 0 Å². The second kappa shape index (κ2) is 10.2. The molecule has 0 atom stereocenters. The average Bonchev–Trinajstić information content (AvgIpc) is 2.53. The highest BCUT2D eigenvalue weighted by atomic mass is 16.5. The Morgan fingerprint density at radius 3 is 2.91 bits per heavy atom. The molecule has 0 aliphatic carbocycles. The van der Waals surface area contributed by atoms with Crippen LogP contribution in [0.5, 0.6) is 5.75 Å². The molecule has 0 radical (unpaired) electrons. The van der Waals surface area contributed by atoms with Gasteiger partial charge in [-0.05, 0) is 29.3 Å². The minimum absolute atomic E-state index is 0.0394. The standard InChI is InChI=1S/C14H17N3O5/c1-20-14(19)5-3-11-2-4-12(10-13(11)16-17-15)22-9-8-21-7-6-18/h2-5,10,18H,6-9H2,1H3/b5-3+. The predicted molar refractivity (Wildman–Crippen MR) is 79.7 cm³/mol. The molecule has 0 spiro atoms. The van der Waals surface area contributed by atoms with Crippen molar-refractivity contribution in [2.24, 2.45) is 5.11 Å². The molecular weight excluding hydrogens is 290 g/mol. The summed E-state index contributed by atoms with van der Waals surface area (Å²) in [6.07, 6.45) is 2.72. The molecule has 0 aromatic heterocycles. The fourth-order valence-corrected chi connectivity index (χ4v) is 1.50. The number of benzene rings is 1. The predicted octanol–water partition coefficient (Wildman–Crippen LogP) is 2.20. The highest BCUT2D eigenvalue weighted by Gasteiger charge is 2.02. The molecule has 0 saturated carbocycles. The first kappa shape index (κ1) is 17.5. The molecule has 1 aromatic rings. The Morgan fingerprint density at radius 2 is 2.23 bits per heavy atom. The number of aliphatic hydroxyl groups is 1. The number of methoxy groups -OCH3 is 1. The molecule has 8 nitrogen and oxygen atoms in total. The monoisotopic (exact) mass is 307 g/mol. The SMILES string of the molecule is COC(=O)/C=C/c1ccc(OCCOCCO)cc1N=[N+]=[N-]. The third-order valence-electron chi connectivity index (χ3n) is 2.49. The number of aliphatic hydroxyl groups excluding tert-OH is 1. The van der Waals surface area contributed by atoms with Crippen LogP contribution in [0.1, 0.15) is 5.56 Å². The van der Waals surface area contributed by atoms with Crippen molar-refractivity contribution in [3.05, 3.63) is 40.3 Å². The first-order valence-electron chi connectivity index (χ1n) is 6.48. The molecule has 8 heteroatoms. The third-order valence-corrected chi connectivity index (χ3v) is 2.49. The van der Waals surface area contributed by atoms with E-state index in [1.165, 1.54) is 19.3 Å². The zero-order chi connectivity index (χ0) is 16.2. The Morgan fingerprint density at radius 1 is 1.41 bits per heavy atom. The third kappa shape index (κ3) is 6.27. The van der Waals surface area contributed by atoms with Gasteiger partial charge >= 0.3 is 5.97 Å². The molecule has 0 unspecified atom stereocenters. The lowest BCUT2D eigenvalue weighted by Crippen LogP contribution is -2.09. The van der Waals surface area contributed by atoms with Gasteiger partial charge in [0.1, 0.15) is 12.4 Å². The smallest absolute Gasteiger partial charge is 0.330 e. The summed E-state index contributed by atoms with van der Waals surface area (Å²) in [5.74, 6) is -0.00142. The largest absolute Gasteiger partial charge is 0.491 e. The normalized spacial score (nSPS) is 10.3. The van der Waals surface area contributed by atoms with Crippen molar-refractivity contribution in [2.45, 2.75) is 0 Å². The van der Waals surface area contributed by atoms with E-state index in [9.17, 15) is 4.79 Å². The number of carbonyl (C=O) groups excluding carboxylic acids is 1. The van der Waals surface area contributed by atoms with Gasteiger partial charge in [0.15, 0.2) is 0 Å². The van der Waals surface area contributed by atoms with E-state index < -0.39 is 5.97 Å². The topological polar surface area (TPSA) is 114 Å². The lowest BCUT2D eigenvalue weighted by Gasteiger charge is -2.08. The van der Waals surface area contributed by atoms with Crippen LogP contribution in [0.4, 0.5) is 5.69 Å². The lowest BCUT2D eigenvalue weighted by atomic mass is 10.1. The molecule has 0 aliphatic heterocycles. The van der Waals surface area contributed by atoms with Gasteiger partial charge in [0.25, 0.3) is 0 Å². The van der Waals surface area contributed by atoms with Gasteiger partial charge in [0, 0.05) is 16.7 Å². The Kier molecular flexibility index (Phi) is 8.14. The number of azide groups is 1. The molecule has 0 aliphatic rings. The number of carbonyl (C=O) groups is 1. The second-order valence-corrected chi connectivity index (χ2v) is 3.95. The number of esters is 1. The van der Waals surface area contributed by atoms with E-state index in [-0.39, 0.29) is 13.2 Å². The number of hydrogen-bond acceptors (Lipinski definition) is 6. The average molecular weight is 307 g/mol. The molecule has 0 fully saturated rings. The van der Waals surface area contributed by atoms with Crippen molar-refractivity contribution in [3.63, 3.8) is 0 Å². The molecule has 1 aromatic carbocycles. The Balaban J connectivity index is 2.74. The molecule has 1 N–H and O–H groups in total. The lowest BCUT2D eigenvalue weighted by molar-refractivity contribution is -0.134. The fourth-order valence-electron chi connectivity index (χ4n) is 1.50. The molecule has 22 heavy (non-hydrogen) atoms. The Hall–Kier alpha value is -2.54. The Bertz CT molecular complexity index is 568. The molecule has 0 amide bonds. The van der Waals surface area contributed by atoms with Gasteiger partial charge in [-0.2, -0.15) is 0 Å². The van der Waals surface area contributed by atoms with Crippen molar-refractivity contribution in [1.82, 2.24) is 0 Å². The van der Waals surface area contributed by atoms with Gasteiger partial charge in [0.05, 0.1) is 26.9 Å². The number of hydrogen-bond donors (Lipinski definition) is 1. The van der Waals surface area contributed by atoms with Crippen LogP contribution in [-0.4, -0.2) is 44.6 Å². The summed E-state index contributed by atoms with van der Waals surface area (Å²) in [6.45, 7) is 0.849. The van der Waals surface area contributed by atoms with Crippen molar-refractivity contribution in [2.75, 3.05) is 33.5 Å². The van der Waals surface area contributed by atoms with E-state index in [0.717, 1.165) is 0 Å². The van der Waals surface area contributed by atoms with Crippen molar-refractivity contribution in [1.29, 1.82) is 0 Å². The molecule has 0 bridgehead atoms. The van der Waals surface area contributed by atoms with Gasteiger partial charge in [-0.3, -0.25) is 0 Å². The van der Waals surface area contributed by atoms with Gasteiger partial charge in [-0.15, -0.1) is 0 Å². The van der Waals surface area contributed by atoms with E-state index in [4.69, 9.17) is 20.1 Å². The maximum absolute atomic E-state index is 11.1. The first-order chi connectivity index (χ1) is 10.7. The van der Waals surface area contributed by atoms with E-state index in [2.05, 4.69) is 14.8 Å². The van der Waals surface area contributed by atoms with Crippen LogP contribution in [0.3, 0.4) is 0 Å². The number of nitrogens with zero attached hydrogens (tertiary/aromatic N) is 3. The molecule has 0 heterocycles. The summed E-state index contributed by atoms with van der Waals surface area (Å²) in [7, 11) is 1.27. The van der Waals surface area contributed by atoms with Crippen molar-refractivity contribution < 1.29 is 24.1 Å². The summed E-state index contributed by atoms with van der Waals surface area (Å²) in [6, 6.07) is 4.90. The summed E-state index contributed by atoms with van der Waals surface area (Å²) >= 11 is 0. The van der Waals surface area contributed by atoms with Crippen molar-refractivity contribution >= 4 is 17.7 Å². The summed E-state index contributed by atoms with van der Waals surface area (Å²) in [5, 5.41) is 12.1. The van der Waals surface area contributed by atoms with Gasteiger partial charge in [-0.1, -0.05) is 11.2 Å². The van der Waals surface area contributed by atoms with E-state index >= 15 is 0 Å². The zero-order valence-corrected chi connectivity index (χ0v) is 12.1. The fraction of sp³-hybridized carbons (Fsp3) is 0.357. The van der Waals surface area contributed by atoms with Crippen LogP contribution in [0.15, 0.2) is 29.4 Å². The maximum atomic E-state index is 11.1. The summed E-state index contributed by atoms with van der Waals surface area (Å²) in [4.78, 5) is 13.8. The quantitative estimate of drug-likeness (QED) is 0.187. The van der Waals surface area contributed by atoms with Crippen molar-refractivity contribution in [3.8, 4) is 5.75 Å². The van der Waals surface area contributed by atoms with E-state index in [1.54, 1.807) is 18.2 Å². The van der Waals surface area contributed by atoms with Gasteiger partial charge < -0.3 is 19.3 Å². The minimum Gasteiger partial charge on any atom is -0.491 e. The van der Waals surface area contributed by atoms with Crippen LogP contribution in [0, 0.1) is 0 Å². The van der Waals surface area contributed by atoms with Crippen LogP contribution in [0.25, 0.3) is 16.5 Å². The van der Waals surface area contributed by atoms with Crippen LogP contribution < -0.4 is 4.74 Å². The Labute approximate surface area is 127 Å². The maximum Gasteiger partial charge on any atom is 0.330 e. The van der Waals surface area contributed by atoms with Crippen LogP contribution in [0.2, 0.25) is 0 Å². The highest BCUT2D eigenvalue weighted by molar-refractivity contribution is 5.88. The van der Waals surface area contributed by atoms with Crippen LogP contribution >= 0.6 is 0 Å². The molecule has 118 valence electrons. The molecular formula is C14H17N3O5. The second-order valence-electron chi connectivity index (χ2n) is 3.95. The zero-order valence-electron chi connectivity index (χ0n) is 12.1. The van der Waals surface area contributed by atoms with E-state index in [0.29, 0.717) is 30.2 Å². The minimum atomic E-state index is -0.506. The van der Waals surface area contributed by atoms with Gasteiger partial charge in [-0.25, -0.2) is 4.79 Å². The number of rotatable bonds is 9. The molecule has 1 rings (SSSR count). The van der Waals surface area contributed by atoms with E-state index in [1.807, 2.05) is 0 Å². The highest BCUT2D eigenvalue weighted by Crippen LogP contribution is 2.26. The van der Waals surface area contributed by atoms with Crippen LogP contribution in [-0.2, 0) is 14.3 Å². The summed E-state index contributed by atoms with van der Waals surface area (Å²) in [5.41, 5.74) is 9.48. The first-order valence-corrected chi connectivity index (χ1v) is 6.48. The summed E-state index contributed by atoms with van der Waals surface area (Å²) < 4.78 is 15.0. The number of ether oxygens (including phenoxy) is 3. The molecule has 0 saturated heterocycles.